The smallest absolute Gasteiger partial charge is 0.144 e. The maximum absolute atomic E-state index is 7.62. The third-order valence-electron chi connectivity index (χ3n) is 36.0. The number of nitrogens with zero attached hydrogens (tertiary/aromatic N) is 1. The average Bonchev–Trinajstić information content (AvgIpc) is 1.47. The van der Waals surface area contributed by atoms with E-state index in [4.69, 9.17) is 13.3 Å². The normalized spacial score (nSPS) is 16.1. The van der Waals surface area contributed by atoms with Crippen molar-refractivity contribution in [1.82, 2.24) is 0 Å². The van der Waals surface area contributed by atoms with Gasteiger partial charge >= 0.3 is 0 Å². The first kappa shape index (κ1) is 88.0. The number of furan rings is 3. The highest BCUT2D eigenvalue weighted by Crippen LogP contribution is 2.68. The van der Waals surface area contributed by atoms with Crippen molar-refractivity contribution >= 4 is 82.9 Å². The van der Waals surface area contributed by atoms with E-state index in [0.29, 0.717) is 0 Å². The summed E-state index contributed by atoms with van der Waals surface area (Å²) in [7, 11) is 0. The monoisotopic (exact) mass is 1820 g/mol. The van der Waals surface area contributed by atoms with Crippen molar-refractivity contribution in [3.63, 3.8) is 0 Å². The number of hydrogen-bond acceptors (Lipinski definition) is 4. The van der Waals surface area contributed by atoms with E-state index in [1.165, 1.54) is 333 Å². The van der Waals surface area contributed by atoms with E-state index in [-0.39, 0.29) is 32.5 Å². The Morgan fingerprint density at radius 3 is 1.14 bits per heavy atom. The number of anilines is 3. The van der Waals surface area contributed by atoms with Crippen LogP contribution in [0.3, 0.4) is 0 Å². The first-order valence-electron chi connectivity index (χ1n) is 53.6. The van der Waals surface area contributed by atoms with E-state index in [0.717, 1.165) is 70.6 Å². The van der Waals surface area contributed by atoms with Crippen LogP contribution in [0.25, 0.3) is 166 Å². The van der Waals surface area contributed by atoms with Crippen LogP contribution in [0, 0.1) is 0 Å². The molecule has 0 bridgehead atoms. The fraction of sp³-hybridized carbons (Fsp3) is 0.333. The first-order valence-corrected chi connectivity index (χ1v) is 53.6. The van der Waals surface area contributed by atoms with Gasteiger partial charge in [-0.3, -0.25) is 0 Å². The van der Waals surface area contributed by atoms with E-state index in [9.17, 15) is 0 Å². The zero-order chi connectivity index (χ0) is 94.7. The Hall–Kier alpha value is -12.5. The van der Waals surface area contributed by atoms with Gasteiger partial charge in [0, 0.05) is 98.4 Å². The minimum atomic E-state index is -0.431. The maximum atomic E-state index is 7.62. The van der Waals surface area contributed by atoms with Gasteiger partial charge in [-0.25, -0.2) is 0 Å². The molecule has 0 saturated carbocycles. The van der Waals surface area contributed by atoms with Gasteiger partial charge in [0.2, 0.25) is 0 Å². The molecule has 0 N–H and O–H groups in total. The molecule has 0 unspecified atom stereocenters. The van der Waals surface area contributed by atoms with Crippen LogP contribution in [0.5, 0.6) is 0 Å². The molecular weight excluding hydrogens is 1680 g/mol. The van der Waals surface area contributed by atoms with E-state index < -0.39 is 5.41 Å². The zero-order valence-corrected chi connectivity index (χ0v) is 84.5. The zero-order valence-electron chi connectivity index (χ0n) is 84.5. The molecule has 25 rings (SSSR count). The summed E-state index contributed by atoms with van der Waals surface area (Å²) in [4.78, 5) is 2.70. The molecule has 0 spiro atoms. The molecular formula is C135H133NO3. The van der Waals surface area contributed by atoms with Crippen LogP contribution in [0.15, 0.2) is 274 Å². The Labute approximate surface area is 823 Å². The molecule has 0 fully saturated rings. The Morgan fingerprint density at radius 2 is 0.561 bits per heavy atom. The molecule has 0 amide bonds. The van der Waals surface area contributed by atoms with Crippen molar-refractivity contribution < 1.29 is 13.3 Å². The van der Waals surface area contributed by atoms with Crippen molar-refractivity contribution in [1.29, 1.82) is 0 Å². The van der Waals surface area contributed by atoms with Gasteiger partial charge in [0.1, 0.15) is 33.5 Å². The molecule has 3 heterocycles. The number of para-hydroxylation sites is 3. The van der Waals surface area contributed by atoms with Gasteiger partial charge in [-0.2, -0.15) is 0 Å². The average molecular weight is 1820 g/mol. The SMILES string of the molecule is CCCCCCCC1(CCCCCCC)c2ccccc2-c2ccc(-c3ccc4c(c3)C(C)(C)c3cc(-c5cc6c(c7c5oc5ccccc57)-c5ccc(N(c7ccc8c(c7)C(C)(C)c7cc9c(cc7-8)C(C)(C)c7ccc8oc%10ccccc%10c8c7-9)c7ccc8c(c7)C(C)(C)c7c9c(c%10oc%11ccccc%11c%10c7-8)-c7ccccc7C9(C)C)cc5C6(CCCCCCC)CCCCCCC)ccc3-4)cc21. The minimum Gasteiger partial charge on any atom is -0.456 e. The van der Waals surface area contributed by atoms with Crippen LogP contribution in [-0.2, 0) is 37.9 Å². The predicted octanol–water partition coefficient (Wildman–Crippen LogP) is 39.7. The van der Waals surface area contributed by atoms with Gasteiger partial charge < -0.3 is 18.2 Å². The largest absolute Gasteiger partial charge is 0.456 e. The van der Waals surface area contributed by atoms with E-state index in [2.05, 4.69) is 363 Å². The first-order chi connectivity index (χ1) is 67.5. The number of benzene rings is 15. The lowest BCUT2D eigenvalue weighted by molar-refractivity contribution is 0.399. The molecule has 4 nitrogen and oxygen atoms in total. The molecule has 139 heavy (non-hydrogen) atoms. The van der Waals surface area contributed by atoms with E-state index in [1.54, 1.807) is 11.1 Å². The number of rotatable bonds is 29. The van der Waals surface area contributed by atoms with Crippen LogP contribution >= 0.6 is 0 Å². The summed E-state index contributed by atoms with van der Waals surface area (Å²) in [6.07, 6.45) is 29.5. The summed E-state index contributed by atoms with van der Waals surface area (Å²) >= 11 is 0. The number of fused-ring (bicyclic) bond motifs is 35. The van der Waals surface area contributed by atoms with Gasteiger partial charge in [-0.1, -0.05) is 389 Å². The van der Waals surface area contributed by atoms with Crippen LogP contribution in [0.4, 0.5) is 17.1 Å². The van der Waals surface area contributed by atoms with Crippen molar-refractivity contribution in [3.05, 3.63) is 339 Å². The lowest BCUT2D eigenvalue weighted by Crippen LogP contribution is -2.26. The van der Waals surface area contributed by atoms with Gasteiger partial charge in [0.05, 0.1) is 0 Å². The maximum Gasteiger partial charge on any atom is 0.144 e. The van der Waals surface area contributed by atoms with Crippen LogP contribution in [0.2, 0.25) is 0 Å². The topological polar surface area (TPSA) is 42.7 Å². The van der Waals surface area contributed by atoms with Gasteiger partial charge in [-0.05, 0) is 290 Å². The van der Waals surface area contributed by atoms with Crippen molar-refractivity contribution in [2.24, 2.45) is 0 Å². The lowest BCUT2D eigenvalue weighted by atomic mass is 9.70. The second-order valence-corrected chi connectivity index (χ2v) is 45.7. The minimum absolute atomic E-state index is 0.00901. The van der Waals surface area contributed by atoms with Crippen LogP contribution in [-0.4, -0.2) is 0 Å². The van der Waals surface area contributed by atoms with E-state index >= 15 is 0 Å². The number of hydrogen-bond donors (Lipinski definition) is 0. The fourth-order valence-corrected chi connectivity index (χ4v) is 28.9. The molecule has 7 aliphatic rings. The third kappa shape index (κ3) is 12.9. The highest BCUT2D eigenvalue weighted by molar-refractivity contribution is 6.23. The van der Waals surface area contributed by atoms with Crippen molar-refractivity contribution in [3.8, 4) is 100 Å². The Balaban J connectivity index is 0.659. The van der Waals surface area contributed by atoms with Gasteiger partial charge in [0.25, 0.3) is 0 Å². The second kappa shape index (κ2) is 32.8. The number of unbranched alkanes of at least 4 members (excludes halogenated alkanes) is 16. The molecule has 3 aromatic heterocycles. The Kier molecular flexibility index (Phi) is 20.8. The molecule has 696 valence electrons. The van der Waals surface area contributed by atoms with Crippen molar-refractivity contribution in [2.75, 3.05) is 4.90 Å². The summed E-state index contributed by atoms with van der Waals surface area (Å²) < 4.78 is 21.6. The molecule has 7 aliphatic carbocycles. The molecule has 15 aromatic carbocycles. The summed E-state index contributed by atoms with van der Waals surface area (Å²) in [5, 5.41) is 7.22. The Bertz CT molecular complexity index is 8090. The highest BCUT2D eigenvalue weighted by Gasteiger charge is 2.52. The Morgan fingerprint density at radius 1 is 0.209 bits per heavy atom. The highest BCUT2D eigenvalue weighted by atomic mass is 16.3. The standard InChI is InChI=1S/C135H133NO3/c1-15-19-23-27-41-69-134(70-42-28-24-20-16-2)103-51-37-31-45-88(103)91-62-56-83(74-111(91)134)82-55-61-89-90-63-57-84(75-106(90)130(7,8)105(89)73-82)99-79-113-118(122-97-48-34-39-53-115(97)138-127(99)122)95-66-60-87(78-112(95)135(113,71-43-29-25-21-17-3)72-44-30-26-22-18-4)136(85-58-64-92-100-80-110-101(81-109(100)131(9,10)107(92)76-85)119-104(129(110,5)6)67-68-117-120(119)96-47-33-38-52-114(96)137-117)86-59-65-94-108(77-86)133(13,14)125-121(94)123-98-49-35-40-54-116(98)139-128(123)124-93-46-32-36-50-102(93)132(11,12)126(124)125/h31-40,45-68,73-81H,15-30,41-44,69-72H2,1-14H3. The fourth-order valence-electron chi connectivity index (χ4n) is 28.9. The summed E-state index contributed by atoms with van der Waals surface area (Å²) in [5.74, 6) is 0. The molecule has 18 aromatic rings. The van der Waals surface area contributed by atoms with Gasteiger partial charge in [-0.15, -0.1) is 0 Å². The van der Waals surface area contributed by atoms with Crippen LogP contribution < -0.4 is 4.90 Å². The molecule has 0 aliphatic heterocycles. The van der Waals surface area contributed by atoms with Gasteiger partial charge in [0.15, 0.2) is 0 Å². The van der Waals surface area contributed by atoms with Crippen LogP contribution in [0.1, 0.15) is 329 Å². The lowest BCUT2D eigenvalue weighted by Gasteiger charge is -2.35. The molecule has 4 heteroatoms. The summed E-state index contributed by atoms with van der Waals surface area (Å²) in [6, 6.07) is 103. The third-order valence-corrected chi connectivity index (χ3v) is 36.0. The summed E-state index contributed by atoms with van der Waals surface area (Å²) in [5.41, 5.74) is 50.8. The molecule has 0 radical (unpaired) electrons. The summed E-state index contributed by atoms with van der Waals surface area (Å²) in [6.45, 7) is 34.3. The van der Waals surface area contributed by atoms with Crippen molar-refractivity contribution in [2.45, 2.75) is 289 Å². The quantitative estimate of drug-likeness (QED) is 0.0438. The second-order valence-electron chi connectivity index (χ2n) is 45.7. The predicted molar refractivity (Wildman–Crippen MR) is 588 cm³/mol. The molecule has 0 atom stereocenters. The molecule has 0 saturated heterocycles. The van der Waals surface area contributed by atoms with E-state index in [1.807, 2.05) is 0 Å².